The van der Waals surface area contributed by atoms with Crippen molar-refractivity contribution >= 4 is 16.1 Å². The lowest BCUT2D eigenvalue weighted by Crippen LogP contribution is -2.12. The summed E-state index contributed by atoms with van der Waals surface area (Å²) in [5.74, 6) is 0.563. The van der Waals surface area contributed by atoms with Crippen LogP contribution < -0.4 is 10.9 Å². The van der Waals surface area contributed by atoms with E-state index in [0.717, 1.165) is 5.56 Å². The van der Waals surface area contributed by atoms with Crippen LogP contribution in [0.3, 0.4) is 0 Å². The molecule has 1 amide bonds. The first-order chi connectivity index (χ1) is 12.3. The number of rotatable bonds is 5. The molecule has 0 saturated heterocycles. The van der Waals surface area contributed by atoms with Gasteiger partial charge >= 0.3 is 6.09 Å². The fourth-order valence-corrected chi connectivity index (χ4v) is 2.86. The third-order valence-electron chi connectivity index (χ3n) is 3.50. The number of primary amides is 1. The zero-order valence-electron chi connectivity index (χ0n) is 13.5. The molecule has 0 unspecified atom stereocenters. The second kappa shape index (κ2) is 6.98. The van der Waals surface area contributed by atoms with Gasteiger partial charge in [0.15, 0.2) is 12.4 Å². The van der Waals surface area contributed by atoms with Crippen LogP contribution in [0.5, 0.6) is 0 Å². The van der Waals surface area contributed by atoms with E-state index in [1.54, 1.807) is 12.1 Å². The average Bonchev–Trinajstić information content (AvgIpc) is 3.04. The molecule has 0 spiro atoms. The summed E-state index contributed by atoms with van der Waals surface area (Å²) in [6.07, 6.45) is -0.941. The number of carbonyl (C=O) groups excluding carboxylic acids is 1. The van der Waals surface area contributed by atoms with E-state index in [-0.39, 0.29) is 17.4 Å². The van der Waals surface area contributed by atoms with E-state index in [4.69, 9.17) is 20.0 Å². The molecule has 1 aromatic heterocycles. The van der Waals surface area contributed by atoms with Crippen LogP contribution in [0.15, 0.2) is 63.9 Å². The molecule has 3 aromatic rings. The van der Waals surface area contributed by atoms with Crippen molar-refractivity contribution in [3.8, 4) is 22.6 Å². The zero-order chi connectivity index (χ0) is 18.7. The summed E-state index contributed by atoms with van der Waals surface area (Å²) in [6.45, 7) is -0.218. The van der Waals surface area contributed by atoms with Crippen LogP contribution in [0.2, 0.25) is 0 Å². The van der Waals surface area contributed by atoms with E-state index in [2.05, 4.69) is 4.98 Å². The van der Waals surface area contributed by atoms with E-state index in [1.165, 1.54) is 12.1 Å². The first-order valence-electron chi connectivity index (χ1n) is 7.45. The Bertz CT molecular complexity index is 1030. The van der Waals surface area contributed by atoms with Crippen molar-refractivity contribution in [3.05, 3.63) is 60.5 Å². The molecule has 0 aliphatic rings. The number of sulfonamides is 1. The van der Waals surface area contributed by atoms with Crippen molar-refractivity contribution < 1.29 is 22.4 Å². The van der Waals surface area contributed by atoms with Crippen LogP contribution in [-0.2, 0) is 21.4 Å². The second-order valence-electron chi connectivity index (χ2n) is 5.33. The van der Waals surface area contributed by atoms with Gasteiger partial charge in [0, 0.05) is 11.1 Å². The second-order valence-corrected chi connectivity index (χ2v) is 6.89. The van der Waals surface area contributed by atoms with Crippen LogP contribution in [0.4, 0.5) is 4.79 Å². The minimum Gasteiger partial charge on any atom is -0.440 e. The highest BCUT2D eigenvalue weighted by atomic mass is 32.2. The van der Waals surface area contributed by atoms with Crippen LogP contribution >= 0.6 is 0 Å². The Morgan fingerprint density at radius 1 is 1.04 bits per heavy atom. The minimum atomic E-state index is -3.79. The number of oxazole rings is 1. The van der Waals surface area contributed by atoms with Gasteiger partial charge in [-0.1, -0.05) is 30.3 Å². The van der Waals surface area contributed by atoms with Gasteiger partial charge in [0.25, 0.3) is 0 Å². The number of hydrogen-bond acceptors (Lipinski definition) is 6. The topological polar surface area (TPSA) is 139 Å². The van der Waals surface area contributed by atoms with Gasteiger partial charge in [0.2, 0.25) is 15.9 Å². The number of carbonyl (C=O) groups is 1. The molecule has 9 heteroatoms. The Labute approximate surface area is 149 Å². The maximum Gasteiger partial charge on any atom is 0.405 e. The number of nitrogens with two attached hydrogens (primary N) is 2. The molecule has 134 valence electrons. The first-order valence-corrected chi connectivity index (χ1v) is 9.00. The number of primary sulfonamides is 1. The smallest absolute Gasteiger partial charge is 0.405 e. The summed E-state index contributed by atoms with van der Waals surface area (Å²) in [6, 6.07) is 15.1. The van der Waals surface area contributed by atoms with E-state index >= 15 is 0 Å². The highest BCUT2D eigenvalue weighted by molar-refractivity contribution is 7.89. The van der Waals surface area contributed by atoms with Gasteiger partial charge in [-0.25, -0.2) is 23.3 Å². The standard InChI is InChI=1S/C17H15N3O5S/c18-17(21)24-10-14-20-15(11-4-2-1-3-5-11)16(25-14)12-6-8-13(9-7-12)26(19,22)23/h1-9H,10H2,(H2,18,21)(H2,19,22,23). The predicted molar refractivity (Wildman–Crippen MR) is 93.1 cm³/mol. The summed E-state index contributed by atoms with van der Waals surface area (Å²) in [7, 11) is -3.79. The van der Waals surface area contributed by atoms with E-state index < -0.39 is 16.1 Å². The maximum atomic E-state index is 11.4. The number of nitrogens with zero attached hydrogens (tertiary/aromatic N) is 1. The average molecular weight is 373 g/mol. The third kappa shape index (κ3) is 3.90. The predicted octanol–water partition coefficient (Wildman–Crippen LogP) is 2.25. The number of benzene rings is 2. The number of hydrogen-bond donors (Lipinski definition) is 2. The molecule has 2 aromatic carbocycles. The molecular formula is C17H15N3O5S. The molecule has 0 aliphatic heterocycles. The number of amides is 1. The Morgan fingerprint density at radius 2 is 1.69 bits per heavy atom. The van der Waals surface area contributed by atoms with Crippen LogP contribution in [0.25, 0.3) is 22.6 Å². The zero-order valence-corrected chi connectivity index (χ0v) is 14.3. The van der Waals surface area contributed by atoms with Crippen LogP contribution in [-0.4, -0.2) is 19.5 Å². The maximum absolute atomic E-state index is 11.4. The molecule has 0 saturated carbocycles. The lowest BCUT2D eigenvalue weighted by molar-refractivity contribution is 0.139. The molecule has 4 N–H and O–H groups in total. The van der Waals surface area contributed by atoms with Crippen molar-refractivity contribution in [3.63, 3.8) is 0 Å². The molecule has 1 heterocycles. The van der Waals surface area contributed by atoms with E-state index in [1.807, 2.05) is 30.3 Å². The molecule has 0 aliphatic carbocycles. The third-order valence-corrected chi connectivity index (χ3v) is 4.43. The Balaban J connectivity index is 2.05. The van der Waals surface area contributed by atoms with Crippen molar-refractivity contribution in [1.82, 2.24) is 4.98 Å². The molecule has 0 radical (unpaired) electrons. The van der Waals surface area contributed by atoms with Gasteiger partial charge < -0.3 is 14.9 Å². The van der Waals surface area contributed by atoms with Gasteiger partial charge in [-0.2, -0.15) is 0 Å². The highest BCUT2D eigenvalue weighted by Crippen LogP contribution is 2.33. The van der Waals surface area contributed by atoms with E-state index in [9.17, 15) is 13.2 Å². The summed E-state index contributed by atoms with van der Waals surface area (Å²) >= 11 is 0. The van der Waals surface area contributed by atoms with Gasteiger partial charge in [0.05, 0.1) is 4.90 Å². The quantitative estimate of drug-likeness (QED) is 0.703. The molecule has 8 nitrogen and oxygen atoms in total. The van der Waals surface area contributed by atoms with Gasteiger partial charge in [-0.3, -0.25) is 0 Å². The summed E-state index contributed by atoms with van der Waals surface area (Å²) in [5, 5.41) is 5.11. The fraction of sp³-hybridized carbons (Fsp3) is 0.0588. The summed E-state index contributed by atoms with van der Waals surface area (Å²) in [5.41, 5.74) is 6.87. The Hall–Kier alpha value is -3.17. The normalized spacial score (nSPS) is 11.3. The monoisotopic (exact) mass is 373 g/mol. The molecular weight excluding hydrogens is 358 g/mol. The largest absolute Gasteiger partial charge is 0.440 e. The fourth-order valence-electron chi connectivity index (χ4n) is 2.34. The molecule has 26 heavy (non-hydrogen) atoms. The minimum absolute atomic E-state index is 0.0145. The lowest BCUT2D eigenvalue weighted by Gasteiger charge is -2.03. The Morgan fingerprint density at radius 3 is 2.27 bits per heavy atom. The summed E-state index contributed by atoms with van der Waals surface area (Å²) < 4.78 is 33.2. The van der Waals surface area contributed by atoms with Crippen molar-refractivity contribution in [1.29, 1.82) is 0 Å². The molecule has 0 fully saturated rings. The van der Waals surface area contributed by atoms with Crippen molar-refractivity contribution in [2.75, 3.05) is 0 Å². The van der Waals surface area contributed by atoms with Crippen molar-refractivity contribution in [2.24, 2.45) is 10.9 Å². The Kier molecular flexibility index (Phi) is 4.74. The first kappa shape index (κ1) is 17.6. The molecule has 0 bridgehead atoms. The highest BCUT2D eigenvalue weighted by Gasteiger charge is 2.18. The van der Waals surface area contributed by atoms with Crippen LogP contribution in [0.1, 0.15) is 5.89 Å². The van der Waals surface area contributed by atoms with Gasteiger partial charge in [-0.15, -0.1) is 0 Å². The lowest BCUT2D eigenvalue weighted by atomic mass is 10.1. The molecule has 3 rings (SSSR count). The van der Waals surface area contributed by atoms with E-state index in [0.29, 0.717) is 17.0 Å². The SMILES string of the molecule is NC(=O)OCc1nc(-c2ccccc2)c(-c2ccc(S(N)(=O)=O)cc2)o1. The summed E-state index contributed by atoms with van der Waals surface area (Å²) in [4.78, 5) is 15.1. The van der Waals surface area contributed by atoms with Gasteiger partial charge in [0.1, 0.15) is 5.69 Å². The van der Waals surface area contributed by atoms with Crippen LogP contribution in [0, 0.1) is 0 Å². The number of ether oxygens (including phenoxy) is 1. The number of aromatic nitrogens is 1. The van der Waals surface area contributed by atoms with Crippen molar-refractivity contribution in [2.45, 2.75) is 11.5 Å². The molecule has 0 atom stereocenters. The van der Waals surface area contributed by atoms with Gasteiger partial charge in [-0.05, 0) is 24.3 Å².